The maximum Gasteiger partial charge on any atom is 0.0362 e. The molecule has 0 aliphatic heterocycles. The molecule has 0 saturated heterocycles. The summed E-state index contributed by atoms with van der Waals surface area (Å²) in [7, 11) is 0. The Bertz CT molecular complexity index is 3060. The number of hydrogen-bond donors (Lipinski definition) is 0. The van der Waals surface area contributed by atoms with E-state index in [2.05, 4.69) is 146 Å². The number of thiophene rings is 4. The van der Waals surface area contributed by atoms with Crippen molar-refractivity contribution in [1.29, 1.82) is 0 Å². The summed E-state index contributed by atoms with van der Waals surface area (Å²) in [5.74, 6) is 0. The lowest BCUT2D eigenvalue weighted by atomic mass is 9.76. The van der Waals surface area contributed by atoms with Crippen LogP contribution < -0.4 is 0 Å². The molecule has 13 rings (SSSR count). The van der Waals surface area contributed by atoms with Crippen LogP contribution >= 0.6 is 45.3 Å². The highest BCUT2D eigenvalue weighted by molar-refractivity contribution is 7.27. The standard InChI is InChI=1S/C48H24S4/c1-5-13-33-29(9-1)41-37(49-33)21-17-25-26-18-22-39-43(31-11-3-7-15-35(31)51-39)47(26)48-28(20-24-40-44(48)32-12-4-8-16-36(32)52-40)27-19-23-38-42(46(27)45(25)41)30-10-2-6-14-34(30)50-38/h1-24H. The monoisotopic (exact) mass is 728 g/mol. The van der Waals surface area contributed by atoms with Crippen molar-refractivity contribution in [3.05, 3.63) is 146 Å². The summed E-state index contributed by atoms with van der Waals surface area (Å²) < 4.78 is 10.7. The molecule has 0 N–H and O–H groups in total. The molecular weight excluding hydrogens is 705 g/mol. The van der Waals surface area contributed by atoms with Crippen molar-refractivity contribution < 1.29 is 0 Å². The molecule has 4 heteroatoms. The van der Waals surface area contributed by atoms with Crippen molar-refractivity contribution in [2.75, 3.05) is 0 Å². The van der Waals surface area contributed by atoms with Gasteiger partial charge in [0.05, 0.1) is 0 Å². The summed E-state index contributed by atoms with van der Waals surface area (Å²) in [4.78, 5) is 0. The maximum atomic E-state index is 2.44. The first-order valence-corrected chi connectivity index (χ1v) is 20.9. The predicted molar refractivity (Wildman–Crippen MR) is 233 cm³/mol. The van der Waals surface area contributed by atoms with Crippen LogP contribution in [0.4, 0.5) is 0 Å². The van der Waals surface area contributed by atoms with Crippen molar-refractivity contribution in [2.45, 2.75) is 0 Å². The molecule has 0 spiro atoms. The van der Waals surface area contributed by atoms with Crippen LogP contribution in [0.15, 0.2) is 146 Å². The Morgan fingerprint density at radius 3 is 0.692 bits per heavy atom. The lowest BCUT2D eigenvalue weighted by Crippen LogP contribution is -1.99. The SMILES string of the molecule is c1ccc2c(c1)sc1ccc3c(c12)-c1c(ccc2sc4ccccc4c12)-c1ccc2sc4ccccc4c2c1-c1c-3ccc2sc3ccccc3c12. The molecule has 4 aromatic heterocycles. The van der Waals surface area contributed by atoms with Crippen LogP contribution in [0, 0.1) is 0 Å². The van der Waals surface area contributed by atoms with Gasteiger partial charge in [0.25, 0.3) is 0 Å². The van der Waals surface area contributed by atoms with Crippen LogP contribution in [-0.4, -0.2) is 0 Å². The molecule has 12 aromatic rings. The quantitative estimate of drug-likeness (QED) is 0.146. The van der Waals surface area contributed by atoms with E-state index in [-0.39, 0.29) is 0 Å². The summed E-state index contributed by atoms with van der Waals surface area (Å²) in [5, 5.41) is 10.8. The van der Waals surface area contributed by atoms with Gasteiger partial charge in [-0.05, 0) is 70.8 Å². The first-order valence-electron chi connectivity index (χ1n) is 17.6. The summed E-state index contributed by atoms with van der Waals surface area (Å²) in [5.41, 5.74) is 10.7. The average Bonchev–Trinajstić information content (AvgIpc) is 3.96. The molecule has 0 saturated carbocycles. The largest absolute Gasteiger partial charge is 0.135 e. The molecular formula is C48H24S4. The molecule has 1 aliphatic rings. The summed E-state index contributed by atoms with van der Waals surface area (Å²) in [6.07, 6.45) is 0. The lowest BCUT2D eigenvalue weighted by molar-refractivity contribution is 1.62. The van der Waals surface area contributed by atoms with Crippen LogP contribution in [-0.2, 0) is 0 Å². The molecule has 0 bridgehead atoms. The van der Waals surface area contributed by atoms with Crippen LogP contribution in [0.2, 0.25) is 0 Å². The van der Waals surface area contributed by atoms with Gasteiger partial charge in [0, 0.05) is 103 Å². The van der Waals surface area contributed by atoms with E-state index in [0.717, 1.165) is 0 Å². The molecule has 1 aliphatic carbocycles. The van der Waals surface area contributed by atoms with E-state index in [1.54, 1.807) is 0 Å². The van der Waals surface area contributed by atoms with Gasteiger partial charge in [-0.1, -0.05) is 97.1 Å². The van der Waals surface area contributed by atoms with Crippen LogP contribution in [0.5, 0.6) is 0 Å². The first kappa shape index (κ1) is 28.3. The van der Waals surface area contributed by atoms with E-state index in [4.69, 9.17) is 0 Å². The Morgan fingerprint density at radius 1 is 0.212 bits per heavy atom. The van der Waals surface area contributed by atoms with Crippen LogP contribution in [0.25, 0.3) is 125 Å². The van der Waals surface area contributed by atoms with Crippen molar-refractivity contribution >= 4 is 126 Å². The highest BCUT2D eigenvalue weighted by Crippen LogP contribution is 2.59. The molecule has 0 atom stereocenters. The number of fused-ring (bicyclic) bond motifs is 24. The Morgan fingerprint density at radius 2 is 0.442 bits per heavy atom. The second-order valence-electron chi connectivity index (χ2n) is 13.8. The average molecular weight is 729 g/mol. The molecule has 52 heavy (non-hydrogen) atoms. The van der Waals surface area contributed by atoms with Crippen LogP contribution in [0.3, 0.4) is 0 Å². The fourth-order valence-electron chi connectivity index (χ4n) is 9.20. The molecule has 0 radical (unpaired) electrons. The van der Waals surface area contributed by atoms with E-state index < -0.39 is 0 Å². The Balaban J connectivity index is 1.37. The molecule has 0 unspecified atom stereocenters. The highest BCUT2D eigenvalue weighted by atomic mass is 32.1. The number of hydrogen-bond acceptors (Lipinski definition) is 4. The van der Waals surface area contributed by atoms with Crippen molar-refractivity contribution in [2.24, 2.45) is 0 Å². The Labute approximate surface area is 314 Å². The van der Waals surface area contributed by atoms with E-state index in [1.807, 2.05) is 45.3 Å². The first-order chi connectivity index (χ1) is 25.8. The minimum absolute atomic E-state index is 1.31. The normalized spacial score (nSPS) is 12.6. The minimum atomic E-state index is 1.31. The van der Waals surface area contributed by atoms with Crippen molar-refractivity contribution in [1.82, 2.24) is 0 Å². The van der Waals surface area contributed by atoms with E-state index in [0.29, 0.717) is 0 Å². The van der Waals surface area contributed by atoms with Gasteiger partial charge in [-0.25, -0.2) is 0 Å². The third-order valence-electron chi connectivity index (χ3n) is 11.3. The number of rotatable bonds is 0. The minimum Gasteiger partial charge on any atom is -0.135 e. The molecule has 0 nitrogen and oxygen atoms in total. The molecule has 240 valence electrons. The summed E-state index contributed by atoms with van der Waals surface area (Å²) in [6, 6.07) is 55.4. The van der Waals surface area contributed by atoms with Crippen molar-refractivity contribution in [3.63, 3.8) is 0 Å². The van der Waals surface area contributed by atoms with Crippen molar-refractivity contribution in [3.8, 4) is 44.5 Å². The van der Waals surface area contributed by atoms with Gasteiger partial charge in [-0.3, -0.25) is 0 Å². The molecule has 0 amide bonds. The smallest absolute Gasteiger partial charge is 0.0362 e. The fourth-order valence-corrected chi connectivity index (χ4v) is 13.7. The fraction of sp³-hybridized carbons (Fsp3) is 0. The van der Waals surface area contributed by atoms with Gasteiger partial charge < -0.3 is 0 Å². The van der Waals surface area contributed by atoms with Gasteiger partial charge in [0.1, 0.15) is 0 Å². The molecule has 8 aromatic carbocycles. The topological polar surface area (TPSA) is 0 Å². The lowest BCUT2D eigenvalue weighted by Gasteiger charge is -2.26. The molecule has 4 heterocycles. The maximum absolute atomic E-state index is 2.44. The van der Waals surface area contributed by atoms with E-state index in [9.17, 15) is 0 Å². The predicted octanol–water partition coefficient (Wildman–Crippen LogP) is 16.1. The third-order valence-corrected chi connectivity index (χ3v) is 15.8. The Kier molecular flexibility index (Phi) is 5.52. The Hall–Kier alpha value is -5.36. The second-order valence-corrected chi connectivity index (χ2v) is 18.2. The number of benzene rings is 8. The zero-order valence-electron chi connectivity index (χ0n) is 27.5. The van der Waals surface area contributed by atoms with Gasteiger partial charge >= 0.3 is 0 Å². The van der Waals surface area contributed by atoms with Crippen LogP contribution in [0.1, 0.15) is 0 Å². The zero-order valence-corrected chi connectivity index (χ0v) is 30.8. The zero-order chi connectivity index (χ0) is 33.7. The molecule has 0 fully saturated rings. The van der Waals surface area contributed by atoms with Gasteiger partial charge in [0.2, 0.25) is 0 Å². The summed E-state index contributed by atoms with van der Waals surface area (Å²) >= 11 is 7.66. The van der Waals surface area contributed by atoms with Gasteiger partial charge in [-0.2, -0.15) is 0 Å². The third kappa shape index (κ3) is 3.56. The van der Waals surface area contributed by atoms with E-state index >= 15 is 0 Å². The van der Waals surface area contributed by atoms with E-state index in [1.165, 1.54) is 125 Å². The highest BCUT2D eigenvalue weighted by Gasteiger charge is 2.31. The van der Waals surface area contributed by atoms with Gasteiger partial charge in [0.15, 0.2) is 0 Å². The second kappa shape index (κ2) is 10.2. The summed E-state index contributed by atoms with van der Waals surface area (Å²) in [6.45, 7) is 0. The van der Waals surface area contributed by atoms with Gasteiger partial charge in [-0.15, -0.1) is 45.3 Å².